The van der Waals surface area contributed by atoms with Crippen LogP contribution in [0.25, 0.3) is 0 Å². The van der Waals surface area contributed by atoms with Gasteiger partial charge in [0, 0.05) is 0 Å². The fourth-order valence-corrected chi connectivity index (χ4v) is 2.32. The number of nitrogens with one attached hydrogen (secondary N) is 1. The first kappa shape index (κ1) is 12.7. The molecule has 1 aliphatic rings. The fraction of sp³-hybridized carbons (Fsp3) is 0.636. The zero-order valence-corrected chi connectivity index (χ0v) is 11.4. The molecule has 0 bridgehead atoms. The van der Waals surface area contributed by atoms with Crippen LogP contribution in [0.4, 0.5) is 0 Å². The Bertz CT molecular complexity index is 453. The normalized spacial score (nSPS) is 20.8. The van der Waals surface area contributed by atoms with Crippen molar-refractivity contribution in [3.05, 3.63) is 26.3 Å². The van der Waals surface area contributed by atoms with Gasteiger partial charge in [-0.25, -0.2) is 4.98 Å². The molecule has 1 saturated heterocycles. The van der Waals surface area contributed by atoms with E-state index in [1.165, 1.54) is 0 Å². The maximum absolute atomic E-state index is 11.8. The minimum absolute atomic E-state index is 0.173. The molecule has 0 radical (unpaired) electrons. The minimum atomic E-state index is -0.276. The van der Waals surface area contributed by atoms with Crippen molar-refractivity contribution >= 4 is 15.9 Å². The lowest BCUT2D eigenvalue weighted by molar-refractivity contribution is -0.0937. The Morgan fingerprint density at radius 1 is 1.47 bits per heavy atom. The Kier molecular flexibility index (Phi) is 3.96. The van der Waals surface area contributed by atoms with Crippen LogP contribution in [0.2, 0.25) is 0 Å². The molecule has 1 atom stereocenters. The van der Waals surface area contributed by atoms with Gasteiger partial charge in [-0.15, -0.1) is 0 Å². The van der Waals surface area contributed by atoms with Gasteiger partial charge >= 0.3 is 0 Å². The zero-order chi connectivity index (χ0) is 12.4. The molecule has 1 aliphatic heterocycles. The molecule has 2 rings (SSSR count). The number of ether oxygens (including phenoxy) is 2. The largest absolute Gasteiger partial charge is 0.376 e. The molecule has 94 valence electrons. The average Bonchev–Trinajstić information content (AvgIpc) is 2.33. The molecule has 0 aliphatic carbocycles. The van der Waals surface area contributed by atoms with Gasteiger partial charge in [-0.05, 0) is 21.8 Å². The monoisotopic (exact) mass is 302 g/mol. The van der Waals surface area contributed by atoms with Gasteiger partial charge in [0.25, 0.3) is 5.56 Å². The Morgan fingerprint density at radius 3 is 2.82 bits per heavy atom. The van der Waals surface area contributed by atoms with E-state index in [4.69, 9.17) is 9.47 Å². The number of hydrogen-bond donors (Lipinski definition) is 1. The third kappa shape index (κ3) is 2.75. The first-order valence-corrected chi connectivity index (χ1v) is 6.38. The third-order valence-electron chi connectivity index (χ3n) is 2.57. The summed E-state index contributed by atoms with van der Waals surface area (Å²) < 4.78 is 11.3. The van der Waals surface area contributed by atoms with E-state index in [9.17, 15) is 4.79 Å². The molecule has 0 amide bonds. The standard InChI is InChI=1S/C11H15BrN2O3/c1-6(2)9-8(12)11(15)14-10(13-9)7-5-16-3-4-17-7/h6-7H,3-5H2,1-2H3,(H,13,14,15). The van der Waals surface area contributed by atoms with Crippen molar-refractivity contribution in [2.45, 2.75) is 25.9 Å². The first-order chi connectivity index (χ1) is 8.09. The number of nitrogens with zero attached hydrogens (tertiary/aromatic N) is 1. The molecular formula is C11H15BrN2O3. The van der Waals surface area contributed by atoms with Crippen molar-refractivity contribution in [3.8, 4) is 0 Å². The quantitative estimate of drug-likeness (QED) is 0.904. The summed E-state index contributed by atoms with van der Waals surface area (Å²) in [7, 11) is 0. The van der Waals surface area contributed by atoms with Crippen LogP contribution in [0.1, 0.15) is 37.4 Å². The highest BCUT2D eigenvalue weighted by Crippen LogP contribution is 2.22. The van der Waals surface area contributed by atoms with Crippen molar-refractivity contribution in [2.24, 2.45) is 0 Å². The number of hydrogen-bond acceptors (Lipinski definition) is 4. The molecule has 0 saturated carbocycles. The summed E-state index contributed by atoms with van der Waals surface area (Å²) in [6.07, 6.45) is -0.276. The molecule has 1 aromatic rings. The molecule has 1 fully saturated rings. The summed E-state index contributed by atoms with van der Waals surface area (Å²) in [4.78, 5) is 18.9. The van der Waals surface area contributed by atoms with Crippen LogP contribution in [0.3, 0.4) is 0 Å². The smallest absolute Gasteiger partial charge is 0.265 e. The lowest BCUT2D eigenvalue weighted by Gasteiger charge is -2.22. The zero-order valence-electron chi connectivity index (χ0n) is 9.83. The number of H-pyrrole nitrogens is 1. The highest BCUT2D eigenvalue weighted by molar-refractivity contribution is 9.10. The van der Waals surface area contributed by atoms with Gasteiger partial charge < -0.3 is 14.5 Å². The van der Waals surface area contributed by atoms with Gasteiger partial charge in [-0.2, -0.15) is 0 Å². The topological polar surface area (TPSA) is 64.2 Å². The second-order valence-corrected chi connectivity index (χ2v) is 5.03. The number of aromatic amines is 1. The first-order valence-electron chi connectivity index (χ1n) is 5.58. The molecule has 5 nitrogen and oxygen atoms in total. The van der Waals surface area contributed by atoms with Crippen LogP contribution in [-0.4, -0.2) is 29.8 Å². The number of aromatic nitrogens is 2. The van der Waals surface area contributed by atoms with E-state index in [0.29, 0.717) is 30.1 Å². The molecule has 1 unspecified atom stereocenters. The summed E-state index contributed by atoms with van der Waals surface area (Å²) in [6.45, 7) is 5.54. The predicted molar refractivity (Wildman–Crippen MR) is 66.2 cm³/mol. The molecule has 1 N–H and O–H groups in total. The van der Waals surface area contributed by atoms with Crippen LogP contribution in [0, 0.1) is 0 Å². The van der Waals surface area contributed by atoms with E-state index < -0.39 is 0 Å². The Morgan fingerprint density at radius 2 is 2.24 bits per heavy atom. The van der Waals surface area contributed by atoms with Crippen molar-refractivity contribution in [1.29, 1.82) is 0 Å². The highest BCUT2D eigenvalue weighted by atomic mass is 79.9. The summed E-state index contributed by atoms with van der Waals surface area (Å²) in [5, 5.41) is 0. The SMILES string of the molecule is CC(C)c1nc(C2COCCO2)[nH]c(=O)c1Br. The lowest BCUT2D eigenvalue weighted by atomic mass is 10.1. The maximum Gasteiger partial charge on any atom is 0.265 e. The van der Waals surface area contributed by atoms with Crippen LogP contribution < -0.4 is 5.56 Å². The van der Waals surface area contributed by atoms with Crippen molar-refractivity contribution in [1.82, 2.24) is 9.97 Å². The average molecular weight is 303 g/mol. The van der Waals surface area contributed by atoms with Crippen LogP contribution in [0.5, 0.6) is 0 Å². The van der Waals surface area contributed by atoms with E-state index in [2.05, 4.69) is 25.9 Å². The fourth-order valence-electron chi connectivity index (χ4n) is 1.67. The minimum Gasteiger partial charge on any atom is -0.376 e. The Labute approximate surface area is 108 Å². The van der Waals surface area contributed by atoms with Gasteiger partial charge in [0.15, 0.2) is 0 Å². The van der Waals surface area contributed by atoms with Gasteiger partial charge in [-0.3, -0.25) is 4.79 Å². The molecule has 0 spiro atoms. The van der Waals surface area contributed by atoms with Gasteiger partial charge in [0.1, 0.15) is 16.4 Å². The highest BCUT2D eigenvalue weighted by Gasteiger charge is 2.21. The lowest BCUT2D eigenvalue weighted by Crippen LogP contribution is -2.27. The summed E-state index contributed by atoms with van der Waals surface area (Å²) >= 11 is 3.26. The van der Waals surface area contributed by atoms with Crippen molar-refractivity contribution in [2.75, 3.05) is 19.8 Å². The van der Waals surface area contributed by atoms with Crippen molar-refractivity contribution < 1.29 is 9.47 Å². The van der Waals surface area contributed by atoms with Crippen molar-refractivity contribution in [3.63, 3.8) is 0 Å². The van der Waals surface area contributed by atoms with Gasteiger partial charge in [0.2, 0.25) is 0 Å². The van der Waals surface area contributed by atoms with Gasteiger partial charge in [-0.1, -0.05) is 13.8 Å². The number of halogens is 1. The number of rotatable bonds is 2. The van der Waals surface area contributed by atoms with E-state index in [1.54, 1.807) is 0 Å². The molecule has 17 heavy (non-hydrogen) atoms. The van der Waals surface area contributed by atoms with Crippen LogP contribution >= 0.6 is 15.9 Å². The Hall–Kier alpha value is -0.720. The van der Waals surface area contributed by atoms with E-state index in [-0.39, 0.29) is 17.6 Å². The van der Waals surface area contributed by atoms with E-state index in [1.807, 2.05) is 13.8 Å². The Balaban J connectivity index is 2.37. The van der Waals surface area contributed by atoms with Crippen LogP contribution in [0.15, 0.2) is 9.27 Å². The summed E-state index contributed by atoms with van der Waals surface area (Å²) in [5.74, 6) is 0.719. The third-order valence-corrected chi connectivity index (χ3v) is 3.34. The van der Waals surface area contributed by atoms with Gasteiger partial charge in [0.05, 0.1) is 25.5 Å². The second kappa shape index (κ2) is 5.29. The summed E-state index contributed by atoms with van der Waals surface area (Å²) in [5.41, 5.74) is 0.575. The van der Waals surface area contributed by atoms with E-state index >= 15 is 0 Å². The summed E-state index contributed by atoms with van der Waals surface area (Å²) in [6, 6.07) is 0. The molecule has 1 aromatic heterocycles. The molecule has 6 heteroatoms. The van der Waals surface area contributed by atoms with Crippen LogP contribution in [-0.2, 0) is 9.47 Å². The van der Waals surface area contributed by atoms with E-state index in [0.717, 1.165) is 5.69 Å². The molecule has 2 heterocycles. The predicted octanol–water partition coefficient (Wildman–Crippen LogP) is 1.74. The second-order valence-electron chi connectivity index (χ2n) is 4.24. The maximum atomic E-state index is 11.8. The molecule has 0 aromatic carbocycles. The molecular weight excluding hydrogens is 288 g/mol.